The number of nitrogens with zero attached hydrogens (tertiary/aromatic N) is 1. The lowest BCUT2D eigenvalue weighted by Gasteiger charge is -2.15. The predicted octanol–water partition coefficient (Wildman–Crippen LogP) is 4.03. The predicted molar refractivity (Wildman–Crippen MR) is 75.1 cm³/mol. The normalized spacial score (nSPS) is 12.2. The van der Waals surface area contributed by atoms with Gasteiger partial charge in [-0.05, 0) is 59.1 Å². The Morgan fingerprint density at radius 2 is 1.94 bits per heavy atom. The van der Waals surface area contributed by atoms with Crippen LogP contribution in [0.4, 0.5) is 10.1 Å². The van der Waals surface area contributed by atoms with Crippen molar-refractivity contribution in [2.24, 2.45) is 0 Å². The fourth-order valence-corrected chi connectivity index (χ4v) is 2.01. The highest BCUT2D eigenvalue weighted by atomic mass is 79.9. The maximum Gasteiger partial charge on any atom is 0.123 e. The molecule has 4 heteroatoms. The minimum atomic E-state index is -0.198. The second-order valence-corrected chi connectivity index (χ2v) is 5.06. The molecule has 1 aromatic carbocycles. The van der Waals surface area contributed by atoms with Crippen LogP contribution in [0.2, 0.25) is 0 Å². The molecule has 0 amide bonds. The molecule has 0 radical (unpaired) electrons. The third kappa shape index (κ3) is 3.81. The van der Waals surface area contributed by atoms with Crippen molar-refractivity contribution in [2.75, 3.05) is 5.32 Å². The van der Waals surface area contributed by atoms with Gasteiger partial charge in [-0.15, -0.1) is 0 Å². The summed E-state index contributed by atoms with van der Waals surface area (Å²) in [5, 5.41) is 3.36. The van der Waals surface area contributed by atoms with Crippen molar-refractivity contribution in [1.82, 2.24) is 4.98 Å². The largest absolute Gasteiger partial charge is 0.381 e. The molecule has 1 unspecified atom stereocenters. The Bertz CT molecular complexity index is 449. The molecule has 0 aliphatic carbocycles. The molecule has 2 rings (SSSR count). The summed E-state index contributed by atoms with van der Waals surface area (Å²) in [5.74, 6) is -0.198. The van der Waals surface area contributed by atoms with E-state index in [0.29, 0.717) is 0 Å². The summed E-state index contributed by atoms with van der Waals surface area (Å²) in [4.78, 5) is 4.16. The first kappa shape index (κ1) is 13.0. The third-order valence-corrected chi connectivity index (χ3v) is 3.06. The minimum Gasteiger partial charge on any atom is -0.381 e. The van der Waals surface area contributed by atoms with E-state index in [0.717, 1.165) is 22.3 Å². The van der Waals surface area contributed by atoms with Crippen LogP contribution >= 0.6 is 15.9 Å². The van der Waals surface area contributed by atoms with Crippen molar-refractivity contribution in [3.05, 3.63) is 58.6 Å². The van der Waals surface area contributed by atoms with Gasteiger partial charge in [-0.25, -0.2) is 9.37 Å². The molecule has 1 N–H and O–H groups in total. The van der Waals surface area contributed by atoms with E-state index < -0.39 is 0 Å². The van der Waals surface area contributed by atoms with Crippen molar-refractivity contribution in [2.45, 2.75) is 19.4 Å². The van der Waals surface area contributed by atoms with Crippen LogP contribution in [-0.4, -0.2) is 11.0 Å². The average molecular weight is 309 g/mol. The molecule has 2 aromatic rings. The maximum atomic E-state index is 12.8. The van der Waals surface area contributed by atoms with Crippen LogP contribution in [-0.2, 0) is 6.42 Å². The van der Waals surface area contributed by atoms with Crippen LogP contribution in [0.3, 0.4) is 0 Å². The van der Waals surface area contributed by atoms with Crippen LogP contribution in [0.25, 0.3) is 0 Å². The monoisotopic (exact) mass is 308 g/mol. The van der Waals surface area contributed by atoms with Crippen molar-refractivity contribution >= 4 is 21.6 Å². The number of benzene rings is 1. The number of hydrogen-bond donors (Lipinski definition) is 1. The summed E-state index contributed by atoms with van der Waals surface area (Å²) in [6.07, 6.45) is 2.63. The standard InChI is InChI=1S/C14H14BrFN2/c1-10(8-11-2-4-12(16)5-3-11)18-13-6-7-14(15)17-9-13/h2-7,9-10,18H,8H2,1H3. The van der Waals surface area contributed by atoms with E-state index in [2.05, 4.69) is 33.2 Å². The van der Waals surface area contributed by atoms with Gasteiger partial charge in [0.15, 0.2) is 0 Å². The van der Waals surface area contributed by atoms with Gasteiger partial charge in [-0.1, -0.05) is 12.1 Å². The van der Waals surface area contributed by atoms with Gasteiger partial charge in [-0.3, -0.25) is 0 Å². The molecule has 1 atom stereocenters. The van der Waals surface area contributed by atoms with Crippen LogP contribution in [0.15, 0.2) is 47.2 Å². The molecule has 1 heterocycles. The molecule has 94 valence electrons. The molecule has 0 fully saturated rings. The molecule has 0 aliphatic rings. The van der Waals surface area contributed by atoms with Gasteiger partial charge in [0.2, 0.25) is 0 Å². The van der Waals surface area contributed by atoms with E-state index in [4.69, 9.17) is 0 Å². The van der Waals surface area contributed by atoms with E-state index in [-0.39, 0.29) is 11.9 Å². The number of rotatable bonds is 4. The van der Waals surface area contributed by atoms with Crippen LogP contribution in [0.1, 0.15) is 12.5 Å². The molecule has 0 saturated heterocycles. The lowest BCUT2D eigenvalue weighted by Crippen LogP contribution is -2.18. The summed E-state index contributed by atoms with van der Waals surface area (Å²) in [5.41, 5.74) is 2.09. The number of aromatic nitrogens is 1. The van der Waals surface area contributed by atoms with E-state index in [9.17, 15) is 4.39 Å². The van der Waals surface area contributed by atoms with Crippen LogP contribution in [0.5, 0.6) is 0 Å². The van der Waals surface area contributed by atoms with E-state index in [1.54, 1.807) is 6.20 Å². The van der Waals surface area contributed by atoms with Crippen LogP contribution < -0.4 is 5.32 Å². The molecule has 0 bridgehead atoms. The molecule has 18 heavy (non-hydrogen) atoms. The zero-order valence-corrected chi connectivity index (χ0v) is 11.6. The lowest BCUT2D eigenvalue weighted by atomic mass is 10.1. The zero-order valence-electron chi connectivity index (χ0n) is 10.0. The first-order chi connectivity index (χ1) is 8.63. The van der Waals surface area contributed by atoms with E-state index >= 15 is 0 Å². The fraction of sp³-hybridized carbons (Fsp3) is 0.214. The molecule has 1 aromatic heterocycles. The van der Waals surface area contributed by atoms with Gasteiger partial charge in [-0.2, -0.15) is 0 Å². The number of anilines is 1. The summed E-state index contributed by atoms with van der Waals surface area (Å²) in [7, 11) is 0. The van der Waals surface area contributed by atoms with Gasteiger partial charge in [0.05, 0.1) is 11.9 Å². The van der Waals surface area contributed by atoms with Crippen molar-refractivity contribution in [1.29, 1.82) is 0 Å². The molecule has 0 saturated carbocycles. The van der Waals surface area contributed by atoms with Gasteiger partial charge >= 0.3 is 0 Å². The zero-order chi connectivity index (χ0) is 13.0. The van der Waals surface area contributed by atoms with Crippen molar-refractivity contribution in [3.8, 4) is 0 Å². The highest BCUT2D eigenvalue weighted by Gasteiger charge is 2.04. The number of halogens is 2. The Balaban J connectivity index is 1.94. The summed E-state index contributed by atoms with van der Waals surface area (Å²) >= 11 is 3.30. The first-order valence-electron chi connectivity index (χ1n) is 5.76. The Hall–Kier alpha value is -1.42. The topological polar surface area (TPSA) is 24.9 Å². The molecule has 2 nitrogen and oxygen atoms in total. The minimum absolute atomic E-state index is 0.198. The highest BCUT2D eigenvalue weighted by molar-refractivity contribution is 9.10. The van der Waals surface area contributed by atoms with Crippen molar-refractivity contribution in [3.63, 3.8) is 0 Å². The Morgan fingerprint density at radius 3 is 2.56 bits per heavy atom. The van der Waals surface area contributed by atoms with Crippen LogP contribution in [0, 0.1) is 5.82 Å². The summed E-state index contributed by atoms with van der Waals surface area (Å²) in [6, 6.07) is 10.7. The molecule has 0 aliphatic heterocycles. The molecule has 0 spiro atoms. The Kier molecular flexibility index (Phi) is 4.31. The maximum absolute atomic E-state index is 12.8. The summed E-state index contributed by atoms with van der Waals surface area (Å²) in [6.45, 7) is 2.09. The van der Waals surface area contributed by atoms with Gasteiger partial charge < -0.3 is 5.32 Å². The quantitative estimate of drug-likeness (QED) is 0.863. The number of pyridine rings is 1. The van der Waals surface area contributed by atoms with Gasteiger partial charge in [0.25, 0.3) is 0 Å². The molecular weight excluding hydrogens is 295 g/mol. The number of hydrogen-bond acceptors (Lipinski definition) is 2. The Morgan fingerprint density at radius 1 is 1.22 bits per heavy atom. The first-order valence-corrected chi connectivity index (χ1v) is 6.55. The second-order valence-electron chi connectivity index (χ2n) is 4.25. The highest BCUT2D eigenvalue weighted by Crippen LogP contribution is 2.13. The average Bonchev–Trinajstić information content (AvgIpc) is 2.35. The van der Waals surface area contributed by atoms with Crippen molar-refractivity contribution < 1.29 is 4.39 Å². The fourth-order valence-electron chi connectivity index (χ4n) is 1.77. The molecular formula is C14H14BrFN2. The van der Waals surface area contributed by atoms with E-state index in [1.807, 2.05) is 24.3 Å². The summed E-state index contributed by atoms with van der Waals surface area (Å²) < 4.78 is 13.6. The lowest BCUT2D eigenvalue weighted by molar-refractivity contribution is 0.626. The SMILES string of the molecule is CC(Cc1ccc(F)cc1)Nc1ccc(Br)nc1. The number of nitrogens with one attached hydrogen (secondary N) is 1. The van der Waals surface area contributed by atoms with Gasteiger partial charge in [0.1, 0.15) is 10.4 Å². The Labute approximate surface area is 114 Å². The second kappa shape index (κ2) is 5.96. The third-order valence-electron chi connectivity index (χ3n) is 2.60. The van der Waals surface area contributed by atoms with Gasteiger partial charge in [0, 0.05) is 6.04 Å². The smallest absolute Gasteiger partial charge is 0.123 e. The van der Waals surface area contributed by atoms with E-state index in [1.165, 1.54) is 12.1 Å².